The molecule has 1 N–H and O–H groups in total. The van der Waals surface area contributed by atoms with Crippen LogP contribution in [-0.4, -0.2) is 53.6 Å². The van der Waals surface area contributed by atoms with Crippen molar-refractivity contribution >= 4 is 17.2 Å². The average Bonchev–Trinajstić information content (AvgIpc) is 3.49. The van der Waals surface area contributed by atoms with E-state index >= 15 is 0 Å². The minimum atomic E-state index is -0.292. The van der Waals surface area contributed by atoms with Crippen LogP contribution < -0.4 is 5.32 Å². The van der Waals surface area contributed by atoms with Crippen molar-refractivity contribution < 1.29 is 18.7 Å². The summed E-state index contributed by atoms with van der Waals surface area (Å²) in [4.78, 5) is 17.2. The predicted molar refractivity (Wildman–Crippen MR) is 135 cm³/mol. The standard InChI is InChI=1S/C26H33FN4O3S/c1-18(2)16-34-12-9-31-15-23(25(30-31)20-3-5-21(27)6-4-20)26-29-22(17-35-26)13-24(32)28-14-19-7-10-33-11-8-19/h3-6,15,17-19H,7-14,16H2,1-2H3,(H,28,32). The fraction of sp³-hybridized carbons (Fsp3) is 0.500. The Labute approximate surface area is 209 Å². The van der Waals surface area contributed by atoms with Gasteiger partial charge in [0.25, 0.3) is 0 Å². The highest BCUT2D eigenvalue weighted by Crippen LogP contribution is 2.33. The monoisotopic (exact) mass is 500 g/mol. The molecule has 3 heterocycles. The van der Waals surface area contributed by atoms with Crippen LogP contribution in [0.1, 0.15) is 32.4 Å². The van der Waals surface area contributed by atoms with E-state index < -0.39 is 0 Å². The van der Waals surface area contributed by atoms with Crippen molar-refractivity contribution in [3.63, 3.8) is 0 Å². The number of amides is 1. The number of halogens is 1. The van der Waals surface area contributed by atoms with Gasteiger partial charge in [0, 0.05) is 43.5 Å². The largest absolute Gasteiger partial charge is 0.381 e. The van der Waals surface area contributed by atoms with Gasteiger partial charge in [0.1, 0.15) is 16.5 Å². The van der Waals surface area contributed by atoms with Crippen molar-refractivity contribution in [3.05, 3.63) is 47.4 Å². The third kappa shape index (κ3) is 7.43. The highest BCUT2D eigenvalue weighted by molar-refractivity contribution is 7.13. The number of ether oxygens (including phenoxy) is 2. The van der Waals surface area contributed by atoms with Gasteiger partial charge in [0.2, 0.25) is 5.91 Å². The summed E-state index contributed by atoms with van der Waals surface area (Å²) in [6, 6.07) is 6.30. The summed E-state index contributed by atoms with van der Waals surface area (Å²) >= 11 is 1.48. The molecule has 0 radical (unpaired) electrons. The Morgan fingerprint density at radius 3 is 2.80 bits per heavy atom. The van der Waals surface area contributed by atoms with E-state index in [1.165, 1.54) is 23.5 Å². The van der Waals surface area contributed by atoms with Crippen LogP contribution in [0.2, 0.25) is 0 Å². The van der Waals surface area contributed by atoms with E-state index in [0.29, 0.717) is 38.1 Å². The van der Waals surface area contributed by atoms with E-state index in [0.717, 1.165) is 53.6 Å². The van der Waals surface area contributed by atoms with Crippen LogP contribution in [0.3, 0.4) is 0 Å². The number of thiazole rings is 1. The lowest BCUT2D eigenvalue weighted by atomic mass is 10.0. The van der Waals surface area contributed by atoms with Gasteiger partial charge in [0.15, 0.2) is 0 Å². The second-order valence-corrected chi connectivity index (χ2v) is 10.2. The van der Waals surface area contributed by atoms with E-state index in [1.54, 1.807) is 12.1 Å². The Morgan fingerprint density at radius 2 is 2.06 bits per heavy atom. The van der Waals surface area contributed by atoms with Gasteiger partial charge in [-0.2, -0.15) is 5.10 Å². The van der Waals surface area contributed by atoms with Gasteiger partial charge in [-0.1, -0.05) is 13.8 Å². The molecular formula is C26H33FN4O3S. The zero-order valence-electron chi connectivity index (χ0n) is 20.3. The van der Waals surface area contributed by atoms with Gasteiger partial charge >= 0.3 is 0 Å². The molecule has 1 fully saturated rings. The molecule has 0 bridgehead atoms. The minimum absolute atomic E-state index is 0.0231. The summed E-state index contributed by atoms with van der Waals surface area (Å²) in [5.74, 6) is 0.637. The van der Waals surface area contributed by atoms with Gasteiger partial charge in [-0.25, -0.2) is 9.37 Å². The molecule has 1 amide bonds. The molecule has 35 heavy (non-hydrogen) atoms. The molecule has 9 heteroatoms. The summed E-state index contributed by atoms with van der Waals surface area (Å²) in [5.41, 5.74) is 3.14. The number of rotatable bonds is 11. The maximum atomic E-state index is 13.5. The predicted octanol–water partition coefficient (Wildman–Crippen LogP) is 4.57. The molecule has 188 valence electrons. The molecule has 2 aromatic heterocycles. The highest BCUT2D eigenvalue weighted by atomic mass is 32.1. The molecule has 0 atom stereocenters. The third-order valence-corrected chi connectivity index (χ3v) is 6.77. The summed E-state index contributed by atoms with van der Waals surface area (Å²) in [6.45, 7) is 8.30. The average molecular weight is 501 g/mol. The van der Waals surface area contributed by atoms with E-state index in [2.05, 4.69) is 19.2 Å². The minimum Gasteiger partial charge on any atom is -0.381 e. The maximum absolute atomic E-state index is 13.5. The molecule has 1 aliphatic heterocycles. The molecule has 0 aliphatic carbocycles. The van der Waals surface area contributed by atoms with Gasteiger partial charge in [-0.15, -0.1) is 11.3 Å². The van der Waals surface area contributed by atoms with Crippen LogP contribution >= 0.6 is 11.3 Å². The lowest BCUT2D eigenvalue weighted by Crippen LogP contribution is -2.33. The van der Waals surface area contributed by atoms with Crippen molar-refractivity contribution in [1.82, 2.24) is 20.1 Å². The van der Waals surface area contributed by atoms with Crippen LogP contribution in [0.25, 0.3) is 21.8 Å². The molecule has 0 spiro atoms. The van der Waals surface area contributed by atoms with Crippen molar-refractivity contribution in [2.45, 2.75) is 39.7 Å². The second kappa shape index (κ2) is 12.4. The summed E-state index contributed by atoms with van der Waals surface area (Å²) < 4.78 is 26.4. The third-order valence-electron chi connectivity index (χ3n) is 5.85. The summed E-state index contributed by atoms with van der Waals surface area (Å²) in [7, 11) is 0. The number of nitrogens with one attached hydrogen (secondary N) is 1. The van der Waals surface area contributed by atoms with Crippen molar-refractivity contribution in [1.29, 1.82) is 0 Å². The topological polar surface area (TPSA) is 78.3 Å². The SMILES string of the molecule is CC(C)COCCn1cc(-c2nc(CC(=O)NCC3CCOCC3)cs2)c(-c2ccc(F)cc2)n1. The van der Waals surface area contributed by atoms with Crippen LogP contribution in [0.4, 0.5) is 4.39 Å². The van der Waals surface area contributed by atoms with Crippen LogP contribution in [-0.2, 0) is 27.2 Å². The summed E-state index contributed by atoms with van der Waals surface area (Å²) in [6.07, 6.45) is 4.16. The summed E-state index contributed by atoms with van der Waals surface area (Å²) in [5, 5.41) is 10.5. The Hall–Kier alpha value is -2.62. The van der Waals surface area contributed by atoms with Gasteiger partial charge in [-0.3, -0.25) is 9.48 Å². The fourth-order valence-corrected chi connectivity index (χ4v) is 4.77. The molecule has 4 rings (SSSR count). The molecule has 7 nitrogen and oxygen atoms in total. The lowest BCUT2D eigenvalue weighted by Gasteiger charge is -2.22. The number of carbonyl (C=O) groups excluding carboxylic acids is 1. The molecule has 1 saturated heterocycles. The number of carbonyl (C=O) groups is 1. The van der Waals surface area contributed by atoms with Gasteiger partial charge < -0.3 is 14.8 Å². The van der Waals surface area contributed by atoms with Crippen LogP contribution in [0.5, 0.6) is 0 Å². The van der Waals surface area contributed by atoms with Crippen LogP contribution in [0.15, 0.2) is 35.8 Å². The first-order valence-electron chi connectivity index (χ1n) is 12.2. The zero-order valence-corrected chi connectivity index (χ0v) is 21.2. The highest BCUT2D eigenvalue weighted by Gasteiger charge is 2.19. The van der Waals surface area contributed by atoms with E-state index in [9.17, 15) is 9.18 Å². The Balaban J connectivity index is 1.45. The van der Waals surface area contributed by atoms with Crippen molar-refractivity contribution in [2.75, 3.05) is 33.0 Å². The van der Waals surface area contributed by atoms with E-state index in [1.807, 2.05) is 16.3 Å². The van der Waals surface area contributed by atoms with E-state index in [4.69, 9.17) is 19.6 Å². The number of nitrogens with zero attached hydrogens (tertiary/aromatic N) is 3. The second-order valence-electron chi connectivity index (χ2n) is 9.31. The van der Waals surface area contributed by atoms with E-state index in [-0.39, 0.29) is 18.1 Å². The van der Waals surface area contributed by atoms with Crippen molar-refractivity contribution in [2.24, 2.45) is 11.8 Å². The number of benzene rings is 1. The molecule has 3 aromatic rings. The Bertz CT molecular complexity index is 1090. The quantitative estimate of drug-likeness (QED) is 0.390. The van der Waals surface area contributed by atoms with Crippen molar-refractivity contribution in [3.8, 4) is 21.8 Å². The molecule has 0 unspecified atom stereocenters. The molecule has 1 aromatic carbocycles. The number of aromatic nitrogens is 3. The molecular weight excluding hydrogens is 467 g/mol. The van der Waals surface area contributed by atoms with Crippen LogP contribution in [0, 0.1) is 17.7 Å². The van der Waals surface area contributed by atoms with Gasteiger partial charge in [0.05, 0.1) is 30.8 Å². The number of hydrogen-bond donors (Lipinski definition) is 1. The zero-order chi connectivity index (χ0) is 24.6. The first-order chi connectivity index (χ1) is 17.0. The first kappa shape index (κ1) is 25.5. The molecule has 0 saturated carbocycles. The molecule has 1 aliphatic rings. The van der Waals surface area contributed by atoms with Gasteiger partial charge in [-0.05, 0) is 48.9 Å². The first-order valence-corrected chi connectivity index (χ1v) is 13.1. The Morgan fingerprint density at radius 1 is 1.29 bits per heavy atom. The fourth-order valence-electron chi connectivity index (χ4n) is 3.94. The normalized spacial score (nSPS) is 14.5. The lowest BCUT2D eigenvalue weighted by molar-refractivity contribution is -0.120. The maximum Gasteiger partial charge on any atom is 0.226 e. The number of hydrogen-bond acceptors (Lipinski definition) is 6. The Kier molecular flexibility index (Phi) is 9.01. The smallest absolute Gasteiger partial charge is 0.226 e.